The number of rotatable bonds is 3. The first-order chi connectivity index (χ1) is 10.4. The van der Waals surface area contributed by atoms with Crippen molar-refractivity contribution in [2.75, 3.05) is 5.73 Å². The highest BCUT2D eigenvalue weighted by Crippen LogP contribution is 2.35. The Morgan fingerprint density at radius 3 is 2.26 bits per heavy atom. The number of anilines is 1. The third-order valence-electron chi connectivity index (χ3n) is 3.37. The molecule has 2 aromatic rings. The van der Waals surface area contributed by atoms with Gasteiger partial charge in [0.15, 0.2) is 0 Å². The number of hydrogen-bond donors (Lipinski definition) is 2. The zero-order valence-corrected chi connectivity index (χ0v) is 13.3. The molecule has 2 rings (SSSR count). The molecule has 0 bridgehead atoms. The molecule has 0 atom stereocenters. The predicted molar refractivity (Wildman–Crippen MR) is 80.5 cm³/mol. The molecule has 0 aromatic carbocycles. The second kappa shape index (κ2) is 5.52. The van der Waals surface area contributed by atoms with Crippen LogP contribution in [0.2, 0.25) is 0 Å². The molecule has 0 aliphatic carbocycles. The Hall–Kier alpha value is -2.09. The van der Waals surface area contributed by atoms with Crippen molar-refractivity contribution in [3.63, 3.8) is 0 Å². The van der Waals surface area contributed by atoms with Crippen LogP contribution in [0.5, 0.6) is 0 Å². The van der Waals surface area contributed by atoms with Gasteiger partial charge in [0, 0.05) is 17.8 Å². The second-order valence-electron chi connectivity index (χ2n) is 6.17. The number of aliphatic hydroxyl groups is 1. The fourth-order valence-electron chi connectivity index (χ4n) is 2.23. The van der Waals surface area contributed by atoms with E-state index in [1.165, 1.54) is 6.20 Å². The summed E-state index contributed by atoms with van der Waals surface area (Å²) in [6.07, 6.45) is -3.35. The van der Waals surface area contributed by atoms with Crippen molar-refractivity contribution in [2.24, 2.45) is 0 Å². The Morgan fingerprint density at radius 2 is 1.83 bits per heavy atom. The fraction of sp³-hybridized carbons (Fsp3) is 0.467. The lowest BCUT2D eigenvalue weighted by Gasteiger charge is -2.20. The van der Waals surface area contributed by atoms with E-state index in [-0.39, 0.29) is 11.6 Å². The van der Waals surface area contributed by atoms with Crippen LogP contribution in [0.1, 0.15) is 45.0 Å². The van der Waals surface area contributed by atoms with Gasteiger partial charge in [0.2, 0.25) is 0 Å². The van der Waals surface area contributed by atoms with Crippen LogP contribution in [-0.2, 0) is 11.8 Å². The number of alkyl halides is 3. The summed E-state index contributed by atoms with van der Waals surface area (Å²) in [5, 5.41) is 14.5. The Kier molecular flexibility index (Phi) is 4.14. The van der Waals surface area contributed by atoms with E-state index in [1.54, 1.807) is 24.6 Å². The lowest BCUT2D eigenvalue weighted by Crippen LogP contribution is -2.22. The molecule has 3 N–H and O–H groups in total. The zero-order chi connectivity index (χ0) is 17.6. The topological polar surface area (TPSA) is 77.0 Å². The zero-order valence-electron chi connectivity index (χ0n) is 13.3. The summed E-state index contributed by atoms with van der Waals surface area (Å²) in [6, 6.07) is 2.42. The maximum Gasteiger partial charge on any atom is 0.419 e. The van der Waals surface area contributed by atoms with Crippen molar-refractivity contribution >= 4 is 5.82 Å². The van der Waals surface area contributed by atoms with Crippen LogP contribution >= 0.6 is 0 Å². The highest BCUT2D eigenvalue weighted by molar-refractivity contribution is 5.62. The number of aromatic nitrogens is 3. The summed E-state index contributed by atoms with van der Waals surface area (Å²) in [4.78, 5) is 3.61. The van der Waals surface area contributed by atoms with Gasteiger partial charge in [0.25, 0.3) is 0 Å². The van der Waals surface area contributed by atoms with Gasteiger partial charge in [-0.3, -0.25) is 4.68 Å². The van der Waals surface area contributed by atoms with Crippen LogP contribution in [0.3, 0.4) is 0 Å². The number of nitrogens with two attached hydrogens (primary N) is 1. The highest BCUT2D eigenvalue weighted by atomic mass is 19.4. The molecular formula is C15H19F3N4O. The first-order valence-corrected chi connectivity index (χ1v) is 7.06. The minimum Gasteiger partial charge on any atom is -0.384 e. The van der Waals surface area contributed by atoms with E-state index in [0.717, 1.165) is 6.07 Å². The molecule has 0 radical (unpaired) electrons. The number of nitrogen functional groups attached to an aromatic ring is 1. The molecule has 0 saturated carbocycles. The average Bonchev–Trinajstić information content (AvgIpc) is 2.83. The normalized spacial score (nSPS) is 12.9. The maximum atomic E-state index is 13.0. The van der Waals surface area contributed by atoms with Crippen LogP contribution in [0.25, 0.3) is 11.3 Å². The van der Waals surface area contributed by atoms with E-state index in [1.807, 2.05) is 13.8 Å². The largest absolute Gasteiger partial charge is 0.419 e. The van der Waals surface area contributed by atoms with E-state index in [9.17, 15) is 18.3 Å². The summed E-state index contributed by atoms with van der Waals surface area (Å²) in [7, 11) is 0. The van der Waals surface area contributed by atoms with Crippen molar-refractivity contribution in [1.82, 2.24) is 14.8 Å². The predicted octanol–water partition coefficient (Wildman–Crippen LogP) is 3.35. The molecule has 5 nitrogen and oxygen atoms in total. The molecule has 126 valence electrons. The van der Waals surface area contributed by atoms with Crippen molar-refractivity contribution < 1.29 is 18.3 Å². The molecule has 0 aliphatic rings. The molecule has 0 amide bonds. The minimum atomic E-state index is -4.59. The summed E-state index contributed by atoms with van der Waals surface area (Å²) < 4.78 is 40.5. The van der Waals surface area contributed by atoms with E-state index >= 15 is 0 Å². The summed E-state index contributed by atoms with van der Waals surface area (Å²) in [5.41, 5.74) is 4.13. The molecule has 0 saturated heterocycles. The SMILES string of the molecule is CC(C)n1nc(-c2cnc(N)c(C(F)(F)F)c2)cc1C(C)(C)O. The molecule has 0 spiro atoms. The highest BCUT2D eigenvalue weighted by Gasteiger charge is 2.34. The van der Waals surface area contributed by atoms with Gasteiger partial charge in [0.05, 0.1) is 17.0 Å². The summed E-state index contributed by atoms with van der Waals surface area (Å²) >= 11 is 0. The van der Waals surface area contributed by atoms with Gasteiger partial charge in [-0.05, 0) is 39.8 Å². The van der Waals surface area contributed by atoms with Crippen molar-refractivity contribution in [1.29, 1.82) is 0 Å². The van der Waals surface area contributed by atoms with Crippen LogP contribution in [0, 0.1) is 0 Å². The molecule has 23 heavy (non-hydrogen) atoms. The smallest absolute Gasteiger partial charge is 0.384 e. The summed E-state index contributed by atoms with van der Waals surface area (Å²) in [5.74, 6) is -0.577. The van der Waals surface area contributed by atoms with Gasteiger partial charge in [-0.15, -0.1) is 0 Å². The minimum absolute atomic E-state index is 0.0611. The Morgan fingerprint density at radius 1 is 1.22 bits per heavy atom. The molecule has 2 aromatic heterocycles. The molecular weight excluding hydrogens is 309 g/mol. The van der Waals surface area contributed by atoms with Crippen LogP contribution < -0.4 is 5.73 Å². The second-order valence-corrected chi connectivity index (χ2v) is 6.17. The monoisotopic (exact) mass is 328 g/mol. The molecule has 2 heterocycles. The fourth-order valence-corrected chi connectivity index (χ4v) is 2.23. The van der Waals surface area contributed by atoms with E-state index < -0.39 is 23.2 Å². The Balaban J connectivity index is 2.60. The first kappa shape index (κ1) is 17.3. The van der Waals surface area contributed by atoms with Crippen LogP contribution in [-0.4, -0.2) is 19.9 Å². The van der Waals surface area contributed by atoms with Crippen molar-refractivity contribution in [2.45, 2.75) is 45.5 Å². The van der Waals surface area contributed by atoms with Gasteiger partial charge in [-0.25, -0.2) is 4.98 Å². The van der Waals surface area contributed by atoms with Gasteiger partial charge in [-0.1, -0.05) is 0 Å². The Bertz CT molecular complexity index is 714. The first-order valence-electron chi connectivity index (χ1n) is 7.06. The third kappa shape index (κ3) is 3.47. The van der Waals surface area contributed by atoms with Gasteiger partial charge in [0.1, 0.15) is 11.4 Å². The van der Waals surface area contributed by atoms with E-state index in [4.69, 9.17) is 5.73 Å². The third-order valence-corrected chi connectivity index (χ3v) is 3.37. The van der Waals surface area contributed by atoms with Gasteiger partial charge < -0.3 is 10.8 Å². The maximum absolute atomic E-state index is 13.0. The average molecular weight is 328 g/mol. The molecule has 0 unspecified atom stereocenters. The lowest BCUT2D eigenvalue weighted by molar-refractivity contribution is -0.137. The lowest BCUT2D eigenvalue weighted by atomic mass is 10.0. The number of halogens is 3. The molecule has 0 aliphatic heterocycles. The molecule has 0 fully saturated rings. The quantitative estimate of drug-likeness (QED) is 0.906. The van der Waals surface area contributed by atoms with E-state index in [0.29, 0.717) is 11.4 Å². The van der Waals surface area contributed by atoms with Gasteiger partial charge in [-0.2, -0.15) is 18.3 Å². The van der Waals surface area contributed by atoms with Crippen molar-refractivity contribution in [3.05, 3.63) is 29.6 Å². The van der Waals surface area contributed by atoms with Crippen molar-refractivity contribution in [3.8, 4) is 11.3 Å². The number of pyridine rings is 1. The van der Waals surface area contributed by atoms with Crippen LogP contribution in [0.4, 0.5) is 19.0 Å². The number of hydrogen-bond acceptors (Lipinski definition) is 4. The summed E-state index contributed by atoms with van der Waals surface area (Å²) in [6.45, 7) is 6.92. The van der Waals surface area contributed by atoms with Crippen LogP contribution in [0.15, 0.2) is 18.3 Å². The molecule has 8 heteroatoms. The Labute approximate surface area is 132 Å². The van der Waals surface area contributed by atoms with Gasteiger partial charge >= 0.3 is 6.18 Å². The standard InChI is InChI=1S/C15H19F3N4O/c1-8(2)22-12(14(3,4)23)6-11(21-22)9-5-10(15(16,17)18)13(19)20-7-9/h5-8,23H,1-4H3,(H2,19,20). The number of nitrogens with zero attached hydrogens (tertiary/aromatic N) is 3. The van der Waals surface area contributed by atoms with E-state index in [2.05, 4.69) is 10.1 Å².